The number of rotatable bonds is 5. The summed E-state index contributed by atoms with van der Waals surface area (Å²) >= 11 is 5.78. The van der Waals surface area contributed by atoms with E-state index in [-0.39, 0.29) is 11.9 Å². The zero-order chi connectivity index (χ0) is 13.8. The van der Waals surface area contributed by atoms with Crippen LogP contribution in [0.3, 0.4) is 0 Å². The Hall–Kier alpha value is -1.46. The van der Waals surface area contributed by atoms with Gasteiger partial charge in [0.05, 0.1) is 17.9 Å². The Morgan fingerprint density at radius 2 is 2.26 bits per heavy atom. The number of halogens is 2. The van der Waals surface area contributed by atoms with Crippen molar-refractivity contribution in [2.75, 3.05) is 7.05 Å². The Morgan fingerprint density at radius 1 is 1.47 bits per heavy atom. The van der Waals surface area contributed by atoms with Crippen molar-refractivity contribution >= 4 is 11.6 Å². The van der Waals surface area contributed by atoms with Gasteiger partial charge in [0.2, 0.25) is 0 Å². The first kappa shape index (κ1) is 14.0. The van der Waals surface area contributed by atoms with E-state index in [1.54, 1.807) is 30.1 Å². The van der Waals surface area contributed by atoms with E-state index in [0.29, 0.717) is 10.6 Å². The third-order valence-electron chi connectivity index (χ3n) is 2.94. The average Bonchev–Trinajstić information content (AvgIpc) is 2.82. The highest BCUT2D eigenvalue weighted by molar-refractivity contribution is 6.30. The van der Waals surface area contributed by atoms with Crippen molar-refractivity contribution in [2.45, 2.75) is 25.9 Å². The molecule has 4 nitrogen and oxygen atoms in total. The molecule has 2 aromatic rings. The fourth-order valence-electron chi connectivity index (χ4n) is 2.07. The number of aromatic nitrogens is 3. The van der Waals surface area contributed by atoms with Gasteiger partial charge in [-0.2, -0.15) is 0 Å². The molecule has 0 aliphatic carbocycles. The molecule has 102 valence electrons. The zero-order valence-electron chi connectivity index (χ0n) is 10.9. The maximum atomic E-state index is 14.0. The van der Waals surface area contributed by atoms with Gasteiger partial charge in [-0.1, -0.05) is 29.8 Å². The highest BCUT2D eigenvalue weighted by Crippen LogP contribution is 2.25. The van der Waals surface area contributed by atoms with E-state index in [1.165, 1.54) is 6.07 Å². The predicted octanol–water partition coefficient (Wildman–Crippen LogP) is 2.79. The lowest BCUT2D eigenvalue weighted by molar-refractivity contribution is 0.509. The lowest BCUT2D eigenvalue weighted by Gasteiger charge is -2.18. The fourth-order valence-corrected chi connectivity index (χ4v) is 2.23. The molecule has 19 heavy (non-hydrogen) atoms. The quantitative estimate of drug-likeness (QED) is 0.917. The van der Waals surface area contributed by atoms with Gasteiger partial charge in [-0.25, -0.2) is 9.07 Å². The molecule has 0 radical (unpaired) electrons. The van der Waals surface area contributed by atoms with Crippen molar-refractivity contribution in [2.24, 2.45) is 0 Å². The number of hydrogen-bond acceptors (Lipinski definition) is 3. The molecule has 1 atom stereocenters. The first-order chi connectivity index (χ1) is 9.17. The molecule has 0 bridgehead atoms. The van der Waals surface area contributed by atoms with Crippen molar-refractivity contribution < 1.29 is 4.39 Å². The van der Waals surface area contributed by atoms with Crippen LogP contribution in [0.25, 0.3) is 0 Å². The van der Waals surface area contributed by atoms with Crippen LogP contribution in [0.2, 0.25) is 5.02 Å². The molecule has 2 rings (SSSR count). The monoisotopic (exact) mass is 282 g/mol. The van der Waals surface area contributed by atoms with E-state index in [9.17, 15) is 4.39 Å². The van der Waals surface area contributed by atoms with Gasteiger partial charge in [-0.15, -0.1) is 5.10 Å². The lowest BCUT2D eigenvalue weighted by Crippen LogP contribution is -2.22. The van der Waals surface area contributed by atoms with E-state index in [4.69, 9.17) is 11.6 Å². The first-order valence-corrected chi connectivity index (χ1v) is 6.55. The molecule has 1 aromatic heterocycles. The number of aryl methyl sites for hydroxylation is 1. The van der Waals surface area contributed by atoms with Gasteiger partial charge < -0.3 is 5.32 Å². The van der Waals surface area contributed by atoms with Crippen molar-refractivity contribution in [3.63, 3.8) is 0 Å². The van der Waals surface area contributed by atoms with Gasteiger partial charge in [0.1, 0.15) is 5.82 Å². The Kier molecular flexibility index (Phi) is 4.50. The summed E-state index contributed by atoms with van der Waals surface area (Å²) in [7, 11) is 1.78. The summed E-state index contributed by atoms with van der Waals surface area (Å²) in [6.07, 6.45) is 2.60. The Labute approximate surface area is 116 Å². The Balaban J connectivity index is 2.41. The summed E-state index contributed by atoms with van der Waals surface area (Å²) < 4.78 is 15.8. The Morgan fingerprint density at radius 3 is 2.89 bits per heavy atom. The van der Waals surface area contributed by atoms with E-state index in [2.05, 4.69) is 22.6 Å². The van der Waals surface area contributed by atoms with Gasteiger partial charge in [0.15, 0.2) is 0 Å². The fraction of sp³-hybridized carbons (Fsp3) is 0.385. The van der Waals surface area contributed by atoms with Crippen LogP contribution in [-0.4, -0.2) is 22.0 Å². The van der Waals surface area contributed by atoms with Gasteiger partial charge in [-0.05, 0) is 25.6 Å². The molecule has 6 heteroatoms. The Bertz CT molecular complexity index is 555. The molecular weight excluding hydrogens is 267 g/mol. The smallest absolute Gasteiger partial charge is 0.129 e. The van der Waals surface area contributed by atoms with Crippen LogP contribution in [0.5, 0.6) is 0 Å². The lowest BCUT2D eigenvalue weighted by atomic mass is 10.0. The van der Waals surface area contributed by atoms with Crippen molar-refractivity contribution in [3.05, 3.63) is 46.5 Å². The third kappa shape index (κ3) is 2.93. The largest absolute Gasteiger partial charge is 0.308 e. The van der Waals surface area contributed by atoms with Crippen LogP contribution in [0.1, 0.15) is 30.6 Å². The summed E-state index contributed by atoms with van der Waals surface area (Å²) in [5.41, 5.74) is 1.37. The molecule has 1 aromatic carbocycles. The minimum absolute atomic E-state index is 0.293. The maximum Gasteiger partial charge on any atom is 0.129 e. The molecular formula is C13H16ClFN4. The summed E-state index contributed by atoms with van der Waals surface area (Å²) in [4.78, 5) is 0. The second-order valence-electron chi connectivity index (χ2n) is 4.27. The van der Waals surface area contributed by atoms with Crippen LogP contribution < -0.4 is 5.32 Å². The van der Waals surface area contributed by atoms with E-state index in [1.807, 2.05) is 0 Å². The summed E-state index contributed by atoms with van der Waals surface area (Å²) in [6.45, 7) is 2.81. The van der Waals surface area contributed by atoms with Gasteiger partial charge in [0.25, 0.3) is 0 Å². The van der Waals surface area contributed by atoms with Gasteiger partial charge >= 0.3 is 0 Å². The zero-order valence-corrected chi connectivity index (χ0v) is 11.7. The van der Waals surface area contributed by atoms with Crippen LogP contribution >= 0.6 is 11.6 Å². The average molecular weight is 283 g/mol. The third-order valence-corrected chi connectivity index (χ3v) is 3.18. The molecule has 0 aliphatic rings. The first-order valence-electron chi connectivity index (χ1n) is 6.18. The minimum Gasteiger partial charge on any atom is -0.308 e. The van der Waals surface area contributed by atoms with E-state index < -0.39 is 0 Å². The normalized spacial score (nSPS) is 12.6. The van der Waals surface area contributed by atoms with Crippen LogP contribution in [0.15, 0.2) is 24.4 Å². The summed E-state index contributed by atoms with van der Waals surface area (Å²) in [6, 6.07) is 4.38. The highest BCUT2D eigenvalue weighted by Gasteiger charge is 2.20. The maximum absolute atomic E-state index is 14.0. The van der Waals surface area contributed by atoms with E-state index in [0.717, 1.165) is 18.7 Å². The number of nitrogens with zero attached hydrogens (tertiary/aromatic N) is 3. The van der Waals surface area contributed by atoms with Crippen molar-refractivity contribution in [1.29, 1.82) is 0 Å². The molecule has 0 spiro atoms. The molecule has 0 fully saturated rings. The molecule has 0 amide bonds. The van der Waals surface area contributed by atoms with Gasteiger partial charge in [0, 0.05) is 17.1 Å². The van der Waals surface area contributed by atoms with Crippen LogP contribution in [0, 0.1) is 5.82 Å². The van der Waals surface area contributed by atoms with E-state index >= 15 is 0 Å². The summed E-state index contributed by atoms with van der Waals surface area (Å²) in [5, 5.41) is 11.4. The van der Waals surface area contributed by atoms with Crippen molar-refractivity contribution in [3.8, 4) is 0 Å². The van der Waals surface area contributed by atoms with Crippen LogP contribution in [-0.2, 0) is 6.54 Å². The predicted molar refractivity (Wildman–Crippen MR) is 72.6 cm³/mol. The standard InChI is InChI=1S/C13H16ClFN4/c1-3-6-19-12(8-17-18-19)13(16-2)10-5-4-9(14)7-11(10)15/h4-5,7-8,13,16H,3,6H2,1-2H3. The van der Waals surface area contributed by atoms with Gasteiger partial charge in [-0.3, -0.25) is 0 Å². The summed E-state index contributed by atoms with van der Waals surface area (Å²) in [5.74, 6) is -0.337. The highest BCUT2D eigenvalue weighted by atomic mass is 35.5. The molecule has 1 unspecified atom stereocenters. The number of nitrogens with one attached hydrogen (secondary N) is 1. The second-order valence-corrected chi connectivity index (χ2v) is 4.71. The SMILES string of the molecule is CCCn1nncc1C(NC)c1ccc(Cl)cc1F. The molecule has 1 heterocycles. The molecule has 0 saturated heterocycles. The second kappa shape index (κ2) is 6.12. The topological polar surface area (TPSA) is 42.7 Å². The number of benzene rings is 1. The molecule has 0 saturated carbocycles. The molecule has 0 aliphatic heterocycles. The van der Waals surface area contributed by atoms with Crippen LogP contribution in [0.4, 0.5) is 4.39 Å². The number of hydrogen-bond donors (Lipinski definition) is 1. The minimum atomic E-state index is -0.337. The van der Waals surface area contributed by atoms with Crippen molar-refractivity contribution in [1.82, 2.24) is 20.3 Å². The molecule has 1 N–H and O–H groups in total.